The first-order chi connectivity index (χ1) is 20.9. The molecule has 0 radical (unpaired) electrons. The largest absolute Gasteiger partial charge is 0.481 e. The van der Waals surface area contributed by atoms with Crippen LogP contribution in [0.4, 0.5) is 0 Å². The van der Waals surface area contributed by atoms with Gasteiger partial charge in [0.1, 0.15) is 24.2 Å². The van der Waals surface area contributed by atoms with E-state index in [1.807, 2.05) is 10.6 Å². The van der Waals surface area contributed by atoms with Crippen LogP contribution in [-0.4, -0.2) is 128 Å². The van der Waals surface area contributed by atoms with E-state index in [2.05, 4.69) is 10.6 Å². The van der Waals surface area contributed by atoms with Gasteiger partial charge in [-0.1, -0.05) is 0 Å². The Hall–Kier alpha value is -5.34. The van der Waals surface area contributed by atoms with E-state index in [4.69, 9.17) is 31.9 Å². The quantitative estimate of drug-likeness (QED) is 0.0627. The number of carboxylic acid groups (broad SMARTS) is 4. The lowest BCUT2D eigenvalue weighted by atomic mass is 10.1. The monoisotopic (exact) mass is 645 g/mol. The molecule has 1 aliphatic rings. The second kappa shape index (κ2) is 17.7. The molecule has 1 saturated heterocycles. The third-order valence-electron chi connectivity index (χ3n) is 6.30. The SMILES string of the molecule is NC(=O)C[C@H](NC(=O)[C@H](CCC(=O)O)NC(=O)[C@@H]1CCCN1C(=O)[C@@H](N)CC(=O)O)C(=O)NCC(=O)N[C@@H](CC(=O)O)C(=O)O. The van der Waals surface area contributed by atoms with Crippen LogP contribution in [0.2, 0.25) is 0 Å². The zero-order valence-corrected chi connectivity index (χ0v) is 23.7. The van der Waals surface area contributed by atoms with E-state index in [1.165, 1.54) is 0 Å². The van der Waals surface area contributed by atoms with E-state index in [1.54, 1.807) is 0 Å². The normalized spacial score (nSPS) is 16.6. The van der Waals surface area contributed by atoms with Crippen molar-refractivity contribution in [3.05, 3.63) is 0 Å². The highest BCUT2D eigenvalue weighted by Crippen LogP contribution is 2.19. The fraction of sp³-hybridized carbons (Fsp3) is 0.583. The predicted molar refractivity (Wildman–Crippen MR) is 144 cm³/mol. The number of aliphatic carboxylic acids is 4. The Kier molecular flexibility index (Phi) is 14.8. The molecule has 250 valence electrons. The Morgan fingerprint density at radius 3 is 1.91 bits per heavy atom. The van der Waals surface area contributed by atoms with E-state index in [0.29, 0.717) is 6.42 Å². The number of primary amides is 1. The number of carbonyl (C=O) groups is 10. The van der Waals surface area contributed by atoms with Gasteiger partial charge >= 0.3 is 23.9 Å². The van der Waals surface area contributed by atoms with Gasteiger partial charge in [-0.15, -0.1) is 0 Å². The van der Waals surface area contributed by atoms with E-state index in [0.717, 1.165) is 4.90 Å². The Labute approximate surface area is 254 Å². The molecule has 6 amide bonds. The minimum Gasteiger partial charge on any atom is -0.481 e. The van der Waals surface area contributed by atoms with Crippen LogP contribution >= 0.6 is 0 Å². The summed E-state index contributed by atoms with van der Waals surface area (Å²) in [6, 6.07) is -7.86. The number of rotatable bonds is 19. The molecule has 0 saturated carbocycles. The van der Waals surface area contributed by atoms with E-state index >= 15 is 0 Å². The third kappa shape index (κ3) is 13.2. The van der Waals surface area contributed by atoms with Crippen LogP contribution in [0.25, 0.3) is 0 Å². The number of nitrogens with one attached hydrogen (secondary N) is 4. The van der Waals surface area contributed by atoms with Crippen molar-refractivity contribution in [1.82, 2.24) is 26.2 Å². The molecule has 45 heavy (non-hydrogen) atoms. The Morgan fingerprint density at radius 2 is 1.38 bits per heavy atom. The molecule has 21 nitrogen and oxygen atoms in total. The number of carboxylic acids is 4. The molecule has 0 aromatic heterocycles. The van der Waals surface area contributed by atoms with Crippen LogP contribution in [0.1, 0.15) is 44.9 Å². The molecule has 0 bridgehead atoms. The van der Waals surface area contributed by atoms with Crippen molar-refractivity contribution in [2.45, 2.75) is 75.2 Å². The van der Waals surface area contributed by atoms with Crippen LogP contribution in [0.3, 0.4) is 0 Å². The van der Waals surface area contributed by atoms with Gasteiger partial charge in [0, 0.05) is 13.0 Å². The summed E-state index contributed by atoms with van der Waals surface area (Å²) in [6.07, 6.45) is -3.24. The standard InChI is InChI=1S/C24H35N7O14/c25-10(6-18(36)37)23(43)31-5-1-2-14(31)22(42)29-11(3-4-17(34)35)21(41)30-12(7-15(26)32)20(40)27-9-16(33)28-13(24(44)45)8-19(38)39/h10-14H,1-9,25H2,(H2,26,32)(H,27,40)(H,28,33)(H,29,42)(H,30,41)(H,34,35)(H,36,37)(H,38,39)(H,44,45)/t10-,11-,12-,13-,14-/m0/s1. The van der Waals surface area contributed by atoms with Gasteiger partial charge in [-0.05, 0) is 19.3 Å². The fourth-order valence-electron chi connectivity index (χ4n) is 4.19. The second-order valence-corrected chi connectivity index (χ2v) is 9.89. The molecule has 0 unspecified atom stereocenters. The van der Waals surface area contributed by atoms with Gasteiger partial charge < -0.3 is 58.1 Å². The van der Waals surface area contributed by atoms with Crippen molar-refractivity contribution in [2.75, 3.05) is 13.1 Å². The molecular formula is C24H35N7O14. The summed E-state index contributed by atoms with van der Waals surface area (Å²) < 4.78 is 0. The highest BCUT2D eigenvalue weighted by atomic mass is 16.4. The fourth-order valence-corrected chi connectivity index (χ4v) is 4.19. The summed E-state index contributed by atoms with van der Waals surface area (Å²) in [7, 11) is 0. The first-order valence-corrected chi connectivity index (χ1v) is 13.3. The molecule has 1 heterocycles. The number of nitrogens with zero attached hydrogens (tertiary/aromatic N) is 1. The number of hydrogen-bond donors (Lipinski definition) is 10. The maximum Gasteiger partial charge on any atom is 0.326 e. The zero-order chi connectivity index (χ0) is 34.4. The number of nitrogens with two attached hydrogens (primary N) is 2. The molecule has 0 spiro atoms. The number of amides is 6. The van der Waals surface area contributed by atoms with Crippen molar-refractivity contribution in [1.29, 1.82) is 0 Å². The lowest BCUT2D eigenvalue weighted by Gasteiger charge is -2.28. The van der Waals surface area contributed by atoms with Crippen LogP contribution in [0.5, 0.6) is 0 Å². The summed E-state index contributed by atoms with van der Waals surface area (Å²) >= 11 is 0. The van der Waals surface area contributed by atoms with Gasteiger partial charge in [-0.25, -0.2) is 4.79 Å². The van der Waals surface area contributed by atoms with E-state index < -0.39 is 128 Å². The molecule has 0 aromatic rings. The third-order valence-corrected chi connectivity index (χ3v) is 6.30. The lowest BCUT2D eigenvalue weighted by Crippen LogP contribution is -2.58. The summed E-state index contributed by atoms with van der Waals surface area (Å²) in [5.74, 6) is -12.2. The summed E-state index contributed by atoms with van der Waals surface area (Å²) in [5.41, 5.74) is 10.8. The van der Waals surface area contributed by atoms with E-state index in [-0.39, 0.29) is 13.0 Å². The van der Waals surface area contributed by atoms with Gasteiger partial charge in [0.05, 0.1) is 31.8 Å². The second-order valence-electron chi connectivity index (χ2n) is 9.89. The molecule has 0 aliphatic carbocycles. The van der Waals surface area contributed by atoms with Crippen LogP contribution in [0.15, 0.2) is 0 Å². The van der Waals surface area contributed by atoms with Crippen molar-refractivity contribution < 1.29 is 68.4 Å². The lowest BCUT2D eigenvalue weighted by molar-refractivity contribution is -0.147. The molecule has 1 fully saturated rings. The van der Waals surface area contributed by atoms with E-state index in [9.17, 15) is 47.9 Å². The van der Waals surface area contributed by atoms with Crippen LogP contribution in [-0.2, 0) is 47.9 Å². The van der Waals surface area contributed by atoms with Gasteiger partial charge in [-0.2, -0.15) is 0 Å². The molecule has 0 aromatic carbocycles. The Morgan fingerprint density at radius 1 is 0.756 bits per heavy atom. The average molecular weight is 646 g/mol. The highest BCUT2D eigenvalue weighted by molar-refractivity contribution is 5.97. The molecule has 5 atom stereocenters. The number of likely N-dealkylation sites (tertiary alicyclic amines) is 1. The van der Waals surface area contributed by atoms with Gasteiger partial charge in [0.25, 0.3) is 0 Å². The highest BCUT2D eigenvalue weighted by Gasteiger charge is 2.38. The Balaban J connectivity index is 3.02. The topological polar surface area (TPSA) is 355 Å². The van der Waals surface area contributed by atoms with Gasteiger partial charge in [0.2, 0.25) is 35.4 Å². The predicted octanol–water partition coefficient (Wildman–Crippen LogP) is -5.35. The number of hydrogen-bond acceptors (Lipinski definition) is 11. The minimum atomic E-state index is -1.83. The maximum absolute atomic E-state index is 13.1. The van der Waals surface area contributed by atoms with Crippen LogP contribution in [0, 0.1) is 0 Å². The molecule has 1 aliphatic heterocycles. The summed E-state index contributed by atoms with van der Waals surface area (Å²) in [5, 5.41) is 44.1. The maximum atomic E-state index is 13.1. The van der Waals surface area contributed by atoms with Gasteiger partial charge in [0.15, 0.2) is 0 Å². The van der Waals surface area contributed by atoms with Crippen molar-refractivity contribution in [3.8, 4) is 0 Å². The summed E-state index contributed by atoms with van der Waals surface area (Å²) in [6.45, 7) is -0.865. The summed E-state index contributed by atoms with van der Waals surface area (Å²) in [4.78, 5) is 120. The zero-order valence-electron chi connectivity index (χ0n) is 23.7. The van der Waals surface area contributed by atoms with Crippen molar-refractivity contribution >= 4 is 59.3 Å². The molecule has 12 N–H and O–H groups in total. The average Bonchev–Trinajstić information content (AvgIpc) is 3.41. The van der Waals surface area contributed by atoms with Crippen molar-refractivity contribution in [3.63, 3.8) is 0 Å². The van der Waals surface area contributed by atoms with Crippen LogP contribution < -0.4 is 32.7 Å². The molecule has 1 rings (SSSR count). The Bertz CT molecular complexity index is 1210. The first-order valence-electron chi connectivity index (χ1n) is 13.3. The smallest absolute Gasteiger partial charge is 0.326 e. The molecular weight excluding hydrogens is 610 g/mol. The number of carbonyl (C=O) groups excluding carboxylic acids is 6. The van der Waals surface area contributed by atoms with Crippen molar-refractivity contribution in [2.24, 2.45) is 11.5 Å². The first kappa shape index (κ1) is 37.7. The minimum absolute atomic E-state index is 0.0498. The van der Waals surface area contributed by atoms with Gasteiger partial charge in [-0.3, -0.25) is 43.2 Å². The molecule has 21 heteroatoms.